The van der Waals surface area contributed by atoms with Crippen molar-refractivity contribution in [3.8, 4) is 10.8 Å². The van der Waals surface area contributed by atoms with Crippen molar-refractivity contribution in [2.75, 3.05) is 26.2 Å². The van der Waals surface area contributed by atoms with E-state index in [9.17, 15) is 26.4 Å². The monoisotopic (exact) mass is 497 g/mol. The molecular formula is C20H18F3N5O3S2. The van der Waals surface area contributed by atoms with E-state index in [-0.39, 0.29) is 37.0 Å². The molecule has 0 radical (unpaired) electrons. The fourth-order valence-electron chi connectivity index (χ4n) is 3.34. The van der Waals surface area contributed by atoms with Crippen LogP contribution in [0.4, 0.5) is 13.2 Å². The molecule has 1 fully saturated rings. The van der Waals surface area contributed by atoms with Crippen molar-refractivity contribution in [2.24, 2.45) is 0 Å². The van der Waals surface area contributed by atoms with Gasteiger partial charge in [-0.15, -0.1) is 11.3 Å². The Hall–Kier alpha value is -2.90. The minimum absolute atomic E-state index is 0.0294. The molecule has 0 atom stereocenters. The van der Waals surface area contributed by atoms with Crippen LogP contribution in [0.5, 0.6) is 0 Å². The third-order valence-corrected chi connectivity index (χ3v) is 8.15. The van der Waals surface area contributed by atoms with E-state index in [1.54, 1.807) is 25.4 Å². The second-order valence-electron chi connectivity index (χ2n) is 7.22. The molecule has 1 aliphatic heterocycles. The molecule has 0 unspecified atom stereocenters. The molecule has 1 aromatic carbocycles. The van der Waals surface area contributed by atoms with Crippen LogP contribution in [0.1, 0.15) is 20.9 Å². The molecule has 0 saturated carbocycles. The van der Waals surface area contributed by atoms with Crippen LogP contribution in [0.3, 0.4) is 0 Å². The van der Waals surface area contributed by atoms with Crippen LogP contribution in [0.15, 0.2) is 47.6 Å². The summed E-state index contributed by atoms with van der Waals surface area (Å²) in [6, 6.07) is 5.06. The van der Waals surface area contributed by atoms with Gasteiger partial charge in [-0.2, -0.15) is 17.5 Å². The average molecular weight is 498 g/mol. The third-order valence-electron chi connectivity index (χ3n) is 5.09. The molecule has 8 nitrogen and oxygen atoms in total. The highest BCUT2D eigenvalue weighted by atomic mass is 32.2. The van der Waals surface area contributed by atoms with Gasteiger partial charge in [0.1, 0.15) is 4.88 Å². The van der Waals surface area contributed by atoms with E-state index in [1.165, 1.54) is 20.5 Å². The van der Waals surface area contributed by atoms with Gasteiger partial charge in [0.05, 0.1) is 16.2 Å². The lowest BCUT2D eigenvalue weighted by molar-refractivity contribution is -0.137. The molecule has 0 N–H and O–H groups in total. The number of halogens is 3. The maximum Gasteiger partial charge on any atom is 0.416 e. The van der Waals surface area contributed by atoms with Gasteiger partial charge in [0.15, 0.2) is 10.8 Å². The van der Waals surface area contributed by atoms with Crippen LogP contribution in [0.25, 0.3) is 10.8 Å². The van der Waals surface area contributed by atoms with Crippen LogP contribution in [-0.4, -0.2) is 64.7 Å². The van der Waals surface area contributed by atoms with E-state index in [0.29, 0.717) is 21.4 Å². The molecule has 0 spiro atoms. The summed E-state index contributed by atoms with van der Waals surface area (Å²) >= 11 is 1.17. The van der Waals surface area contributed by atoms with Gasteiger partial charge in [-0.05, 0) is 37.3 Å². The lowest BCUT2D eigenvalue weighted by atomic mass is 10.2. The summed E-state index contributed by atoms with van der Waals surface area (Å²) in [6.45, 7) is 2.06. The fourth-order valence-corrected chi connectivity index (χ4v) is 5.74. The SMILES string of the molecule is Cc1nc(-c2ncccn2)sc1C(=O)N1CCN(S(=O)(=O)c2ccc(C(F)(F)F)cc2)CC1. The molecule has 13 heteroatoms. The Morgan fingerprint density at radius 2 is 1.64 bits per heavy atom. The third kappa shape index (κ3) is 4.75. The number of hydrogen-bond donors (Lipinski definition) is 0. The summed E-state index contributed by atoms with van der Waals surface area (Å²) < 4.78 is 65.1. The smallest absolute Gasteiger partial charge is 0.335 e. The highest BCUT2D eigenvalue weighted by Crippen LogP contribution is 2.31. The lowest BCUT2D eigenvalue weighted by Crippen LogP contribution is -2.50. The largest absolute Gasteiger partial charge is 0.416 e. The second-order valence-corrected chi connectivity index (χ2v) is 10.2. The number of amides is 1. The van der Waals surface area contributed by atoms with Gasteiger partial charge in [0, 0.05) is 38.6 Å². The number of aromatic nitrogens is 3. The molecule has 4 rings (SSSR count). The topological polar surface area (TPSA) is 96.4 Å². The molecule has 0 bridgehead atoms. The quantitative estimate of drug-likeness (QED) is 0.550. The van der Waals surface area contributed by atoms with E-state index < -0.39 is 21.8 Å². The van der Waals surface area contributed by atoms with E-state index in [4.69, 9.17) is 0 Å². The van der Waals surface area contributed by atoms with Crippen molar-refractivity contribution in [2.45, 2.75) is 18.0 Å². The summed E-state index contributed by atoms with van der Waals surface area (Å²) in [5.41, 5.74) is -0.385. The summed E-state index contributed by atoms with van der Waals surface area (Å²) in [7, 11) is -3.98. The number of alkyl halides is 3. The van der Waals surface area contributed by atoms with Crippen molar-refractivity contribution >= 4 is 27.3 Å². The zero-order chi connectivity index (χ0) is 23.8. The van der Waals surface area contributed by atoms with Crippen LogP contribution >= 0.6 is 11.3 Å². The summed E-state index contributed by atoms with van der Waals surface area (Å²) in [5, 5.41) is 0.514. The number of rotatable bonds is 4. The van der Waals surface area contributed by atoms with Crippen molar-refractivity contribution < 1.29 is 26.4 Å². The molecule has 1 saturated heterocycles. The highest BCUT2D eigenvalue weighted by molar-refractivity contribution is 7.89. The minimum atomic E-state index is -4.55. The molecular weight excluding hydrogens is 479 g/mol. The van der Waals surface area contributed by atoms with Gasteiger partial charge < -0.3 is 4.90 Å². The van der Waals surface area contributed by atoms with E-state index in [0.717, 1.165) is 24.3 Å². The number of piperazine rings is 1. The van der Waals surface area contributed by atoms with Gasteiger partial charge in [-0.25, -0.2) is 23.4 Å². The second kappa shape index (κ2) is 8.80. The summed E-state index contributed by atoms with van der Waals surface area (Å²) in [5.74, 6) is 0.149. The molecule has 2 aromatic heterocycles. The Bertz CT molecular complexity index is 1250. The predicted molar refractivity (Wildman–Crippen MR) is 114 cm³/mol. The summed E-state index contributed by atoms with van der Waals surface area (Å²) in [4.78, 5) is 27.4. The molecule has 0 aliphatic carbocycles. The number of thiazole rings is 1. The number of carbonyl (C=O) groups excluding carboxylic acids is 1. The minimum Gasteiger partial charge on any atom is -0.335 e. The number of sulfonamides is 1. The van der Waals surface area contributed by atoms with Gasteiger partial charge in [0.2, 0.25) is 10.0 Å². The zero-order valence-electron chi connectivity index (χ0n) is 17.3. The van der Waals surface area contributed by atoms with Gasteiger partial charge in [-0.3, -0.25) is 4.79 Å². The Balaban J connectivity index is 1.44. The average Bonchev–Trinajstić information content (AvgIpc) is 3.20. The zero-order valence-corrected chi connectivity index (χ0v) is 18.9. The van der Waals surface area contributed by atoms with Crippen molar-refractivity contribution in [3.05, 3.63) is 58.9 Å². The molecule has 3 aromatic rings. The van der Waals surface area contributed by atoms with Gasteiger partial charge >= 0.3 is 6.18 Å². The van der Waals surface area contributed by atoms with Crippen LogP contribution in [-0.2, 0) is 16.2 Å². The first-order valence-corrected chi connectivity index (χ1v) is 12.0. The molecule has 174 valence electrons. The molecule has 33 heavy (non-hydrogen) atoms. The first-order valence-electron chi connectivity index (χ1n) is 9.79. The number of hydrogen-bond acceptors (Lipinski definition) is 7. The van der Waals surface area contributed by atoms with Gasteiger partial charge in [0.25, 0.3) is 5.91 Å². The molecule has 1 aliphatic rings. The van der Waals surface area contributed by atoms with Gasteiger partial charge in [-0.1, -0.05) is 0 Å². The standard InChI is InChI=1S/C20H18F3N5O3S2/c1-13-16(32-18(26-13)17-24-7-2-8-25-17)19(29)27-9-11-28(12-10-27)33(30,31)15-5-3-14(4-6-15)20(21,22)23/h2-8H,9-12H2,1H3. The first-order chi connectivity index (χ1) is 15.6. The van der Waals surface area contributed by atoms with Crippen molar-refractivity contribution in [3.63, 3.8) is 0 Å². The number of carbonyl (C=O) groups is 1. The van der Waals surface area contributed by atoms with E-state index >= 15 is 0 Å². The first kappa shape index (κ1) is 23.3. The Labute approximate surface area is 191 Å². The number of nitrogens with zero attached hydrogens (tertiary/aromatic N) is 5. The number of benzene rings is 1. The normalized spacial score (nSPS) is 15.6. The van der Waals surface area contributed by atoms with E-state index in [1.807, 2.05) is 0 Å². The Kier molecular flexibility index (Phi) is 6.20. The highest BCUT2D eigenvalue weighted by Gasteiger charge is 2.34. The van der Waals surface area contributed by atoms with Crippen LogP contribution < -0.4 is 0 Å². The van der Waals surface area contributed by atoms with Crippen molar-refractivity contribution in [1.82, 2.24) is 24.2 Å². The Morgan fingerprint density at radius 1 is 1.03 bits per heavy atom. The van der Waals surface area contributed by atoms with Crippen molar-refractivity contribution in [1.29, 1.82) is 0 Å². The maximum atomic E-state index is 13.0. The molecule has 3 heterocycles. The fraction of sp³-hybridized carbons (Fsp3) is 0.300. The predicted octanol–water partition coefficient (Wildman–Crippen LogP) is 3.07. The number of aryl methyl sites for hydroxylation is 1. The molecule has 1 amide bonds. The maximum absolute atomic E-state index is 13.0. The summed E-state index contributed by atoms with van der Waals surface area (Å²) in [6.07, 6.45) is -1.39. The van der Waals surface area contributed by atoms with Crippen LogP contribution in [0, 0.1) is 6.92 Å². The lowest BCUT2D eigenvalue weighted by Gasteiger charge is -2.33. The van der Waals surface area contributed by atoms with Crippen LogP contribution in [0.2, 0.25) is 0 Å². The van der Waals surface area contributed by atoms with E-state index in [2.05, 4.69) is 15.0 Å². The Morgan fingerprint density at radius 3 is 2.21 bits per heavy atom.